The third-order valence-corrected chi connectivity index (χ3v) is 5.15. The van der Waals surface area contributed by atoms with Crippen LogP contribution in [0.4, 0.5) is 5.69 Å². The van der Waals surface area contributed by atoms with Crippen LogP contribution in [0.5, 0.6) is 5.75 Å². The van der Waals surface area contributed by atoms with Crippen molar-refractivity contribution < 1.29 is 19.1 Å². The van der Waals surface area contributed by atoms with Gasteiger partial charge in [0.15, 0.2) is 5.75 Å². The van der Waals surface area contributed by atoms with Gasteiger partial charge in [-0.2, -0.15) is 0 Å². The van der Waals surface area contributed by atoms with Gasteiger partial charge in [0.25, 0.3) is 5.91 Å². The zero-order chi connectivity index (χ0) is 25.6. The summed E-state index contributed by atoms with van der Waals surface area (Å²) in [5.41, 5.74) is 0.771. The van der Waals surface area contributed by atoms with Crippen molar-refractivity contribution in [2.24, 2.45) is 15.3 Å². The van der Waals surface area contributed by atoms with Gasteiger partial charge in [0, 0.05) is 32.8 Å². The van der Waals surface area contributed by atoms with E-state index in [0.717, 1.165) is 29.6 Å². The number of benzene rings is 1. The summed E-state index contributed by atoms with van der Waals surface area (Å²) in [4.78, 5) is 18.9. The Kier molecular flexibility index (Phi) is 12.2. The Morgan fingerprint density at radius 1 is 1.23 bits per heavy atom. The van der Waals surface area contributed by atoms with Crippen molar-refractivity contribution in [2.45, 2.75) is 40.7 Å². The molecule has 1 aromatic carbocycles. The Bertz CT molecular complexity index is 968. The number of aromatic hydroxyl groups is 1. The molecule has 2 heterocycles. The Balaban J connectivity index is 0.00000100. The third-order valence-electron chi connectivity index (χ3n) is 4.69. The minimum Gasteiger partial charge on any atom is -0.505 e. The summed E-state index contributed by atoms with van der Waals surface area (Å²) in [6, 6.07) is 8.90. The van der Waals surface area contributed by atoms with Crippen molar-refractivity contribution in [1.82, 2.24) is 9.62 Å². The molecule has 3 N–H and O–H groups in total. The van der Waals surface area contributed by atoms with Gasteiger partial charge in [0.1, 0.15) is 17.4 Å². The number of anilines is 1. The van der Waals surface area contributed by atoms with Crippen molar-refractivity contribution in [1.29, 1.82) is 0 Å². The molecule has 10 heteroatoms. The molecule has 0 spiro atoms. The fourth-order valence-electron chi connectivity index (χ4n) is 3.10. The predicted octanol–water partition coefficient (Wildman–Crippen LogP) is 4.68. The highest BCUT2D eigenvalue weighted by Crippen LogP contribution is 2.28. The molecule has 0 saturated carbocycles. The maximum atomic E-state index is 12.7. The van der Waals surface area contributed by atoms with Crippen LogP contribution in [0.25, 0.3) is 0 Å². The highest BCUT2D eigenvalue weighted by Gasteiger charge is 2.22. The number of nitrogens with one attached hydrogen (secondary N) is 2. The molecule has 1 amide bonds. The second kappa shape index (κ2) is 15.1. The van der Waals surface area contributed by atoms with E-state index >= 15 is 0 Å². The quantitative estimate of drug-likeness (QED) is 0.197. The molecule has 9 nitrogen and oxygen atoms in total. The number of carbonyl (C=O) groups is 1. The number of phenolic OH excluding ortho intramolecular Hbond substituents is 1. The number of hydrogen-bond donors (Lipinski definition) is 3. The van der Waals surface area contributed by atoms with Gasteiger partial charge in [-0.1, -0.05) is 26.8 Å². The summed E-state index contributed by atoms with van der Waals surface area (Å²) < 4.78 is 17.6. The van der Waals surface area contributed by atoms with Gasteiger partial charge < -0.3 is 24.5 Å². The van der Waals surface area contributed by atoms with Crippen LogP contribution in [-0.2, 0) is 11.3 Å². The highest BCUT2D eigenvalue weighted by atomic mass is 32.2. The number of para-hydroxylation sites is 1. The van der Waals surface area contributed by atoms with Crippen molar-refractivity contribution in [3.8, 4) is 5.75 Å². The van der Waals surface area contributed by atoms with Gasteiger partial charge in [0.2, 0.25) is 0 Å². The Morgan fingerprint density at radius 3 is 2.57 bits per heavy atom. The van der Waals surface area contributed by atoms with Crippen LogP contribution in [0, 0.1) is 12.8 Å². The van der Waals surface area contributed by atoms with Crippen LogP contribution in [0.2, 0.25) is 0 Å². The molecule has 1 saturated heterocycles. The lowest BCUT2D eigenvalue weighted by atomic mass is 10.1. The van der Waals surface area contributed by atoms with E-state index in [9.17, 15) is 9.90 Å². The molecule has 0 aliphatic carbocycles. The molecule has 192 valence electrons. The summed E-state index contributed by atoms with van der Waals surface area (Å²) in [5, 5.41) is 13.8. The van der Waals surface area contributed by atoms with E-state index in [4.69, 9.17) is 9.15 Å². The van der Waals surface area contributed by atoms with Gasteiger partial charge in [0.05, 0.1) is 43.1 Å². The number of morpholine rings is 1. The Labute approximate surface area is 212 Å². The number of amides is 1. The Morgan fingerprint density at radius 2 is 1.94 bits per heavy atom. The number of rotatable bonds is 9. The smallest absolute Gasteiger partial charge is 0.257 e. The fourth-order valence-corrected chi connectivity index (χ4v) is 3.44. The zero-order valence-electron chi connectivity index (χ0n) is 21.0. The van der Waals surface area contributed by atoms with Crippen LogP contribution < -0.4 is 10.0 Å². The molecule has 1 fully saturated rings. The van der Waals surface area contributed by atoms with Crippen molar-refractivity contribution in [2.75, 3.05) is 38.2 Å². The lowest BCUT2D eigenvalue weighted by Gasteiger charge is -2.27. The minimum absolute atomic E-state index is 0.0568. The molecule has 0 radical (unpaired) electrons. The van der Waals surface area contributed by atoms with Gasteiger partial charge in [-0.05, 0) is 37.1 Å². The second-order valence-corrected chi connectivity index (χ2v) is 9.26. The first-order valence-corrected chi connectivity index (χ1v) is 12.5. The molecule has 1 aliphatic rings. The molecule has 1 aromatic heterocycles. The Hall–Kier alpha value is -2.98. The lowest BCUT2D eigenvalue weighted by molar-refractivity contribution is 0.0301. The fraction of sp³-hybridized carbons (Fsp3) is 0.480. The van der Waals surface area contributed by atoms with Crippen molar-refractivity contribution in [3.05, 3.63) is 47.4 Å². The first-order valence-electron chi connectivity index (χ1n) is 11.7. The maximum absolute atomic E-state index is 12.7. The topological polar surface area (TPSA) is 112 Å². The number of hydrogen-bond acceptors (Lipinski definition) is 8. The number of amidine groups is 1. The molecule has 2 aromatic rings. The van der Waals surface area contributed by atoms with Gasteiger partial charge in [-0.25, -0.2) is 4.40 Å². The summed E-state index contributed by atoms with van der Waals surface area (Å²) in [7, 11) is 0. The van der Waals surface area contributed by atoms with Gasteiger partial charge in [-0.15, -0.1) is 0 Å². The van der Waals surface area contributed by atoms with Crippen LogP contribution in [0.15, 0.2) is 44.1 Å². The second-order valence-electron chi connectivity index (χ2n) is 8.61. The molecule has 35 heavy (non-hydrogen) atoms. The zero-order valence-corrected chi connectivity index (χ0v) is 21.9. The first-order chi connectivity index (χ1) is 16.8. The maximum Gasteiger partial charge on any atom is 0.257 e. The van der Waals surface area contributed by atoms with E-state index in [1.54, 1.807) is 23.1 Å². The largest absolute Gasteiger partial charge is 0.505 e. The minimum atomic E-state index is -0.199. The SMILES string of the molecule is C=NSNC(CCNc1cccc(C(=O)N2CCOCC2)c1O)=NCc1ccc(C)o1.CC(C)C. The summed E-state index contributed by atoms with van der Waals surface area (Å²) in [6.45, 7) is 14.8. The number of aryl methyl sites for hydroxylation is 1. The van der Waals surface area contributed by atoms with Crippen molar-refractivity contribution >= 4 is 36.3 Å². The molecular formula is C25H37N5O4S. The average Bonchev–Trinajstić information content (AvgIpc) is 3.26. The third kappa shape index (κ3) is 10.0. The molecule has 1 aliphatic heterocycles. The predicted molar refractivity (Wildman–Crippen MR) is 143 cm³/mol. The monoisotopic (exact) mass is 503 g/mol. The van der Waals surface area contributed by atoms with Crippen LogP contribution in [-0.4, -0.2) is 61.3 Å². The normalized spacial score (nSPS) is 13.7. The van der Waals surface area contributed by atoms with E-state index in [1.165, 1.54) is 0 Å². The van der Waals surface area contributed by atoms with Crippen LogP contribution in [0.3, 0.4) is 0 Å². The number of ether oxygens (including phenoxy) is 1. The number of furan rings is 1. The van der Waals surface area contributed by atoms with Crippen molar-refractivity contribution in [3.63, 3.8) is 0 Å². The number of nitrogens with zero attached hydrogens (tertiary/aromatic N) is 3. The molecule has 0 atom stereocenters. The molecular weight excluding hydrogens is 466 g/mol. The highest BCUT2D eigenvalue weighted by molar-refractivity contribution is 7.96. The van der Waals surface area contributed by atoms with Crippen LogP contribution >= 0.6 is 12.1 Å². The summed E-state index contributed by atoms with van der Waals surface area (Å²) >= 11 is 1.09. The molecule has 0 bridgehead atoms. The number of phenols is 1. The standard InChI is InChI=1S/C21H27N5O4S.C4H10/c1-15-6-7-16(30-15)14-24-19(25-31-22-2)8-9-23-18-5-3-4-17(20(18)27)21(28)26-10-12-29-13-11-26;1-4(2)3/h3-7,23,27H,2,8-14H2,1H3,(H,24,25);4H,1-3H3. The van der Waals surface area contributed by atoms with E-state index in [1.807, 2.05) is 19.1 Å². The van der Waals surface area contributed by atoms with E-state index in [-0.39, 0.29) is 17.2 Å². The van der Waals surface area contributed by atoms with Gasteiger partial charge >= 0.3 is 0 Å². The summed E-state index contributed by atoms with van der Waals surface area (Å²) in [5.74, 6) is 2.90. The van der Waals surface area contributed by atoms with Crippen LogP contribution in [0.1, 0.15) is 49.1 Å². The molecule has 0 unspecified atom stereocenters. The molecule has 3 rings (SSSR count). The first kappa shape index (κ1) is 28.3. The summed E-state index contributed by atoms with van der Waals surface area (Å²) in [6.07, 6.45) is 0.545. The van der Waals surface area contributed by atoms with E-state index < -0.39 is 0 Å². The van der Waals surface area contributed by atoms with Gasteiger partial charge in [-0.3, -0.25) is 14.5 Å². The average molecular weight is 504 g/mol. The number of aliphatic imine (C=N–C) groups is 1. The number of carbonyl (C=O) groups excluding carboxylic acids is 1. The lowest BCUT2D eigenvalue weighted by Crippen LogP contribution is -2.40. The van der Waals surface area contributed by atoms with E-state index in [0.29, 0.717) is 57.3 Å². The van der Waals surface area contributed by atoms with E-state index in [2.05, 4.69) is 46.9 Å².